The summed E-state index contributed by atoms with van der Waals surface area (Å²) in [6, 6.07) is 0. The van der Waals surface area contributed by atoms with Crippen LogP contribution in [0.1, 0.15) is 126 Å². The highest BCUT2D eigenvalue weighted by atomic mass is 16.5. The van der Waals surface area contributed by atoms with Crippen molar-refractivity contribution in [2.45, 2.75) is 132 Å². The SMILES string of the molecule is C=C(C)[C@@H]1CC[C@]2(C(=O)N3CC4CCN(CC4)C3)CC[C@]3(C)[C@H](CC[C@@H]4[C@@]5(C)CC[C@H](OC(C)=O)C(C)(C)[C@@H]5CC[C@]43C)[C@@H]12. The Hall–Kier alpha value is -1.36. The molecule has 5 nitrogen and oxygen atoms in total. The van der Waals surface area contributed by atoms with E-state index in [1.54, 1.807) is 6.92 Å². The summed E-state index contributed by atoms with van der Waals surface area (Å²) < 4.78 is 5.97. The van der Waals surface area contributed by atoms with E-state index in [4.69, 9.17) is 4.74 Å². The fourth-order valence-electron chi connectivity index (χ4n) is 14.3. The number of hydrogen-bond donors (Lipinski definition) is 0. The van der Waals surface area contributed by atoms with Crippen LogP contribution in [0.4, 0.5) is 0 Å². The number of ether oxygens (including phenoxy) is 1. The number of amides is 1. The van der Waals surface area contributed by atoms with Crippen molar-refractivity contribution in [2.24, 2.45) is 62.6 Å². The molecule has 1 amide bonds. The minimum absolute atomic E-state index is 0.00894. The third-order valence-corrected chi connectivity index (χ3v) is 16.6. The lowest BCUT2D eigenvalue weighted by Gasteiger charge is -2.73. The molecule has 5 heteroatoms. The Morgan fingerprint density at radius 1 is 0.773 bits per heavy atom. The predicted molar refractivity (Wildman–Crippen MR) is 175 cm³/mol. The van der Waals surface area contributed by atoms with Gasteiger partial charge in [0.15, 0.2) is 0 Å². The monoisotopic (exact) mass is 606 g/mol. The van der Waals surface area contributed by atoms with Crippen LogP contribution in [-0.2, 0) is 14.3 Å². The van der Waals surface area contributed by atoms with Crippen molar-refractivity contribution in [3.05, 3.63) is 12.2 Å². The molecule has 0 N–H and O–H groups in total. The van der Waals surface area contributed by atoms with Crippen molar-refractivity contribution in [3.63, 3.8) is 0 Å². The Kier molecular flexibility index (Phi) is 7.33. The third-order valence-electron chi connectivity index (χ3n) is 16.6. The summed E-state index contributed by atoms with van der Waals surface area (Å²) in [5, 5.41) is 0. The molecule has 5 aliphatic carbocycles. The number of hydrogen-bond acceptors (Lipinski definition) is 4. The molecule has 8 aliphatic rings. The van der Waals surface area contributed by atoms with Crippen LogP contribution in [0.5, 0.6) is 0 Å². The molecule has 3 heterocycles. The standard InChI is InChI=1S/C39H62N2O3/c1-25(2)28-11-18-39(34(43)41-23-27-14-21-40(24-41)22-15-27)20-19-37(7)29(33(28)39)9-10-31-36(6)16-13-32(44-26(3)42)35(4,5)30(36)12-17-38(31,37)8/h27-33H,1,9-24H2,2-8H3/t28-,29+,30-,31+,32-,33+,36-,37+,38+,39-/m0/s1. The van der Waals surface area contributed by atoms with Crippen LogP contribution in [0.3, 0.4) is 0 Å². The molecule has 5 saturated carbocycles. The van der Waals surface area contributed by atoms with Gasteiger partial charge < -0.3 is 9.64 Å². The van der Waals surface area contributed by atoms with Crippen molar-refractivity contribution < 1.29 is 14.3 Å². The maximum absolute atomic E-state index is 15.0. The minimum atomic E-state index is -0.201. The van der Waals surface area contributed by atoms with Gasteiger partial charge in [-0.05, 0) is 136 Å². The lowest BCUT2D eigenvalue weighted by molar-refractivity contribution is -0.249. The molecular formula is C39H62N2O3. The zero-order valence-corrected chi connectivity index (χ0v) is 29.2. The number of esters is 1. The Balaban J connectivity index is 1.22. The maximum Gasteiger partial charge on any atom is 0.302 e. The predicted octanol–water partition coefficient (Wildman–Crippen LogP) is 8.09. The minimum Gasteiger partial charge on any atom is -0.462 e. The van der Waals surface area contributed by atoms with Gasteiger partial charge >= 0.3 is 5.97 Å². The second-order valence-corrected chi connectivity index (χ2v) is 18.5. The van der Waals surface area contributed by atoms with Crippen molar-refractivity contribution in [1.82, 2.24) is 9.80 Å². The van der Waals surface area contributed by atoms with E-state index in [9.17, 15) is 9.59 Å². The molecule has 0 spiro atoms. The molecule has 10 atom stereocenters. The van der Waals surface area contributed by atoms with E-state index in [1.165, 1.54) is 50.5 Å². The summed E-state index contributed by atoms with van der Waals surface area (Å²) in [5.74, 6) is 3.80. The van der Waals surface area contributed by atoms with Gasteiger partial charge in [0.2, 0.25) is 5.91 Å². The fourth-order valence-corrected chi connectivity index (χ4v) is 14.3. The second-order valence-electron chi connectivity index (χ2n) is 18.5. The molecule has 8 rings (SSSR count). The highest BCUT2D eigenvalue weighted by molar-refractivity contribution is 5.84. The van der Waals surface area contributed by atoms with Crippen molar-refractivity contribution in [2.75, 3.05) is 26.3 Å². The van der Waals surface area contributed by atoms with E-state index in [2.05, 4.69) is 57.9 Å². The smallest absolute Gasteiger partial charge is 0.302 e. The van der Waals surface area contributed by atoms with Crippen LogP contribution < -0.4 is 0 Å². The lowest BCUT2D eigenvalue weighted by Crippen LogP contribution is -2.67. The molecule has 8 fully saturated rings. The summed E-state index contributed by atoms with van der Waals surface area (Å²) in [6.07, 6.45) is 14.2. The lowest BCUT2D eigenvalue weighted by atomic mass is 9.32. The Bertz CT molecular complexity index is 1190. The second kappa shape index (κ2) is 10.3. The van der Waals surface area contributed by atoms with E-state index in [-0.39, 0.29) is 39.1 Å². The van der Waals surface area contributed by atoms with Crippen LogP contribution in [-0.4, -0.2) is 54.1 Å². The van der Waals surface area contributed by atoms with Crippen LogP contribution in [0.25, 0.3) is 0 Å². The zero-order valence-electron chi connectivity index (χ0n) is 29.2. The van der Waals surface area contributed by atoms with Gasteiger partial charge in [-0.2, -0.15) is 0 Å². The van der Waals surface area contributed by atoms with Crippen LogP contribution in [0.2, 0.25) is 0 Å². The van der Waals surface area contributed by atoms with Crippen LogP contribution in [0.15, 0.2) is 12.2 Å². The van der Waals surface area contributed by atoms with E-state index in [0.717, 1.165) is 58.4 Å². The number of allylic oxidation sites excluding steroid dienone is 1. The number of carbonyl (C=O) groups excluding carboxylic acids is 2. The highest BCUT2D eigenvalue weighted by Gasteiger charge is 2.72. The van der Waals surface area contributed by atoms with Gasteiger partial charge in [0.1, 0.15) is 6.10 Å². The summed E-state index contributed by atoms with van der Waals surface area (Å²) in [4.78, 5) is 31.9. The van der Waals surface area contributed by atoms with Crippen LogP contribution in [0, 0.1) is 62.6 Å². The van der Waals surface area contributed by atoms with Gasteiger partial charge in [-0.25, -0.2) is 0 Å². The number of nitrogens with zero attached hydrogens (tertiary/aromatic N) is 2. The molecule has 246 valence electrons. The van der Waals surface area contributed by atoms with Gasteiger partial charge in [0.05, 0.1) is 12.1 Å². The van der Waals surface area contributed by atoms with Gasteiger partial charge in [-0.3, -0.25) is 14.5 Å². The average Bonchev–Trinajstić information content (AvgIpc) is 3.10. The summed E-state index contributed by atoms with van der Waals surface area (Å²) in [6.45, 7) is 25.4. The average molecular weight is 607 g/mol. The summed E-state index contributed by atoms with van der Waals surface area (Å²) >= 11 is 0. The third kappa shape index (κ3) is 4.18. The topological polar surface area (TPSA) is 49.9 Å². The molecular weight excluding hydrogens is 544 g/mol. The first-order valence-electron chi connectivity index (χ1n) is 18.5. The van der Waals surface area contributed by atoms with Gasteiger partial charge in [-0.1, -0.05) is 46.8 Å². The molecule has 0 unspecified atom stereocenters. The molecule has 0 aromatic heterocycles. The number of piperidine rings is 1. The summed E-state index contributed by atoms with van der Waals surface area (Å²) in [7, 11) is 0. The van der Waals surface area contributed by atoms with Crippen molar-refractivity contribution in [3.8, 4) is 0 Å². The van der Waals surface area contributed by atoms with Crippen molar-refractivity contribution >= 4 is 11.9 Å². The molecule has 0 aromatic carbocycles. The van der Waals surface area contributed by atoms with E-state index >= 15 is 0 Å². The maximum atomic E-state index is 15.0. The molecule has 0 radical (unpaired) electrons. The Morgan fingerprint density at radius 3 is 2.18 bits per heavy atom. The first-order valence-corrected chi connectivity index (χ1v) is 18.5. The number of carbonyl (C=O) groups is 2. The van der Waals surface area contributed by atoms with E-state index in [0.29, 0.717) is 41.4 Å². The molecule has 3 saturated heterocycles. The molecule has 2 bridgehead atoms. The molecule has 3 aliphatic heterocycles. The van der Waals surface area contributed by atoms with E-state index < -0.39 is 0 Å². The number of fused-ring (bicyclic) bond motifs is 11. The van der Waals surface area contributed by atoms with Gasteiger partial charge in [0, 0.05) is 32.0 Å². The number of rotatable bonds is 3. The van der Waals surface area contributed by atoms with Gasteiger partial charge in [0.25, 0.3) is 0 Å². The first-order chi connectivity index (χ1) is 20.7. The first kappa shape index (κ1) is 31.3. The molecule has 44 heavy (non-hydrogen) atoms. The largest absolute Gasteiger partial charge is 0.462 e. The fraction of sp³-hybridized carbons (Fsp3) is 0.897. The van der Waals surface area contributed by atoms with Crippen molar-refractivity contribution in [1.29, 1.82) is 0 Å². The Morgan fingerprint density at radius 2 is 1.50 bits per heavy atom. The van der Waals surface area contributed by atoms with Gasteiger partial charge in [-0.15, -0.1) is 0 Å². The Labute approximate surface area is 268 Å². The summed E-state index contributed by atoms with van der Waals surface area (Å²) in [5.41, 5.74) is 1.86. The molecule has 0 aromatic rings. The highest BCUT2D eigenvalue weighted by Crippen LogP contribution is 2.77. The quantitative estimate of drug-likeness (QED) is 0.241. The zero-order chi connectivity index (χ0) is 31.4. The normalized spacial score (nSPS) is 50.8. The van der Waals surface area contributed by atoms with E-state index in [1.807, 2.05) is 0 Å². The van der Waals surface area contributed by atoms with Crippen LogP contribution >= 0.6 is 0 Å².